The summed E-state index contributed by atoms with van der Waals surface area (Å²) in [5.74, 6) is 0.691. The van der Waals surface area contributed by atoms with Crippen LogP contribution in [0.2, 0.25) is 0 Å². The summed E-state index contributed by atoms with van der Waals surface area (Å²) < 4.78 is 6.37. The summed E-state index contributed by atoms with van der Waals surface area (Å²) in [6, 6.07) is 15.0. The lowest BCUT2D eigenvalue weighted by Gasteiger charge is -2.06. The molecule has 2 rings (SSSR count). The molecule has 0 aliphatic heterocycles. The monoisotopic (exact) mass is 304 g/mol. The zero-order valence-corrected chi connectivity index (χ0v) is 11.6. The highest BCUT2D eigenvalue weighted by atomic mass is 79.9. The molecule has 0 aliphatic rings. The number of ether oxygens (including phenoxy) is 1. The van der Waals surface area contributed by atoms with Gasteiger partial charge in [-0.25, -0.2) is 0 Å². The molecule has 2 aromatic carbocycles. The number of carbonyl (C=O) groups is 1. The van der Waals surface area contributed by atoms with Crippen molar-refractivity contribution >= 4 is 21.7 Å². The lowest BCUT2D eigenvalue weighted by Crippen LogP contribution is -2.11. The van der Waals surface area contributed by atoms with Crippen LogP contribution >= 0.6 is 15.9 Å². The number of hydrogen-bond donors (Lipinski definition) is 0. The number of carbonyl (C=O) groups excluding carboxylic acids is 1. The van der Waals surface area contributed by atoms with Gasteiger partial charge in [-0.3, -0.25) is 4.79 Å². The molecule has 0 atom stereocenters. The first-order valence-electron chi connectivity index (χ1n) is 5.63. The van der Waals surface area contributed by atoms with Crippen LogP contribution in [-0.2, 0) is 0 Å². The third kappa shape index (κ3) is 3.44. The maximum absolute atomic E-state index is 11.9. The van der Waals surface area contributed by atoms with E-state index in [2.05, 4.69) is 15.9 Å². The van der Waals surface area contributed by atoms with Crippen molar-refractivity contribution in [1.82, 2.24) is 0 Å². The van der Waals surface area contributed by atoms with Crippen molar-refractivity contribution in [2.75, 3.05) is 6.61 Å². The molecule has 0 saturated heterocycles. The Hall–Kier alpha value is -1.61. The normalized spacial score (nSPS) is 10.1. The minimum atomic E-state index is -0.0298. The molecule has 3 heteroatoms. The molecule has 0 amide bonds. The van der Waals surface area contributed by atoms with E-state index in [4.69, 9.17) is 4.74 Å². The highest BCUT2D eigenvalue weighted by molar-refractivity contribution is 9.10. The Morgan fingerprint density at radius 3 is 2.67 bits per heavy atom. The first-order valence-corrected chi connectivity index (χ1v) is 6.43. The first-order chi connectivity index (χ1) is 8.65. The Labute approximate surface area is 115 Å². The third-order valence-electron chi connectivity index (χ3n) is 2.51. The predicted molar refractivity (Wildman–Crippen MR) is 75.1 cm³/mol. The van der Waals surface area contributed by atoms with Gasteiger partial charge in [0.05, 0.1) is 0 Å². The van der Waals surface area contributed by atoms with Gasteiger partial charge in [-0.2, -0.15) is 0 Å². The number of Topliss-reactive ketones (excluding diaryl/α,β-unsaturated/α-hetero) is 1. The van der Waals surface area contributed by atoms with Gasteiger partial charge in [0, 0.05) is 10.0 Å². The molecule has 0 heterocycles. The first kappa shape index (κ1) is 12.8. The second-order valence-electron chi connectivity index (χ2n) is 4.04. The van der Waals surface area contributed by atoms with Crippen molar-refractivity contribution in [3.8, 4) is 5.75 Å². The van der Waals surface area contributed by atoms with Crippen molar-refractivity contribution in [3.05, 3.63) is 64.1 Å². The molecule has 18 heavy (non-hydrogen) atoms. The fraction of sp³-hybridized carbons (Fsp3) is 0.133. The lowest BCUT2D eigenvalue weighted by atomic mass is 10.1. The Morgan fingerprint density at radius 1 is 1.17 bits per heavy atom. The molecule has 0 bridgehead atoms. The summed E-state index contributed by atoms with van der Waals surface area (Å²) in [7, 11) is 0. The van der Waals surface area contributed by atoms with Crippen LogP contribution < -0.4 is 4.74 Å². The molecule has 0 radical (unpaired) electrons. The topological polar surface area (TPSA) is 26.3 Å². The van der Waals surface area contributed by atoms with Gasteiger partial charge >= 0.3 is 0 Å². The quantitative estimate of drug-likeness (QED) is 0.798. The number of hydrogen-bond acceptors (Lipinski definition) is 2. The maximum Gasteiger partial charge on any atom is 0.200 e. The van der Waals surface area contributed by atoms with Crippen LogP contribution in [0.5, 0.6) is 5.75 Å². The summed E-state index contributed by atoms with van der Waals surface area (Å²) in [5, 5.41) is 0. The SMILES string of the molecule is Cc1cccc(OCC(=O)c2cccc(Br)c2)c1. The van der Waals surface area contributed by atoms with Gasteiger partial charge in [0.2, 0.25) is 0 Å². The van der Waals surface area contributed by atoms with Crippen molar-refractivity contribution in [1.29, 1.82) is 0 Å². The zero-order valence-electron chi connectivity index (χ0n) is 10.0. The fourth-order valence-electron chi connectivity index (χ4n) is 1.60. The van der Waals surface area contributed by atoms with Crippen LogP contribution in [0, 0.1) is 6.92 Å². The third-order valence-corrected chi connectivity index (χ3v) is 3.00. The van der Waals surface area contributed by atoms with Crippen LogP contribution in [-0.4, -0.2) is 12.4 Å². The molecule has 0 aliphatic carbocycles. The molecule has 2 nitrogen and oxygen atoms in total. The average molecular weight is 305 g/mol. The summed E-state index contributed by atoms with van der Waals surface area (Å²) in [4.78, 5) is 11.9. The molecule has 0 fully saturated rings. The van der Waals surface area contributed by atoms with Crippen LogP contribution in [0.1, 0.15) is 15.9 Å². The predicted octanol–water partition coefficient (Wildman–Crippen LogP) is 4.02. The van der Waals surface area contributed by atoms with Gasteiger partial charge in [0.15, 0.2) is 12.4 Å². The lowest BCUT2D eigenvalue weighted by molar-refractivity contribution is 0.0921. The van der Waals surface area contributed by atoms with Gasteiger partial charge in [0.1, 0.15) is 5.75 Å². The van der Waals surface area contributed by atoms with E-state index in [1.54, 1.807) is 12.1 Å². The number of ketones is 1. The number of benzene rings is 2. The second-order valence-corrected chi connectivity index (χ2v) is 4.95. The summed E-state index contributed by atoms with van der Waals surface area (Å²) >= 11 is 3.34. The Morgan fingerprint density at radius 2 is 1.94 bits per heavy atom. The Balaban J connectivity index is 2.00. The minimum Gasteiger partial charge on any atom is -0.485 e. The van der Waals surface area contributed by atoms with Crippen molar-refractivity contribution in [2.24, 2.45) is 0 Å². The number of rotatable bonds is 4. The van der Waals surface area contributed by atoms with Gasteiger partial charge in [-0.15, -0.1) is 0 Å². The van der Waals surface area contributed by atoms with E-state index < -0.39 is 0 Å². The van der Waals surface area contributed by atoms with Crippen LogP contribution in [0.3, 0.4) is 0 Å². The van der Waals surface area contributed by atoms with E-state index in [-0.39, 0.29) is 12.4 Å². The standard InChI is InChI=1S/C15H13BrO2/c1-11-4-2-7-14(8-11)18-10-15(17)12-5-3-6-13(16)9-12/h2-9H,10H2,1H3. The van der Waals surface area contributed by atoms with Crippen LogP contribution in [0.15, 0.2) is 53.0 Å². The van der Waals surface area contributed by atoms with Gasteiger partial charge in [-0.05, 0) is 36.8 Å². The highest BCUT2D eigenvalue weighted by Gasteiger charge is 2.07. The zero-order chi connectivity index (χ0) is 13.0. The molecule has 2 aromatic rings. The second kappa shape index (κ2) is 5.83. The molecule has 0 N–H and O–H groups in total. The molecular weight excluding hydrogens is 292 g/mol. The number of aryl methyl sites for hydroxylation is 1. The number of halogens is 1. The molecule has 92 valence electrons. The summed E-state index contributed by atoms with van der Waals surface area (Å²) in [6.45, 7) is 2.04. The van der Waals surface area contributed by atoms with E-state index >= 15 is 0 Å². The van der Waals surface area contributed by atoms with E-state index in [0.29, 0.717) is 5.56 Å². The van der Waals surface area contributed by atoms with Crippen molar-refractivity contribution < 1.29 is 9.53 Å². The van der Waals surface area contributed by atoms with E-state index in [0.717, 1.165) is 15.8 Å². The van der Waals surface area contributed by atoms with Crippen molar-refractivity contribution in [3.63, 3.8) is 0 Å². The van der Waals surface area contributed by atoms with E-state index in [1.807, 2.05) is 43.3 Å². The van der Waals surface area contributed by atoms with Crippen LogP contribution in [0.25, 0.3) is 0 Å². The van der Waals surface area contributed by atoms with Crippen LogP contribution in [0.4, 0.5) is 0 Å². The van der Waals surface area contributed by atoms with Crippen molar-refractivity contribution in [2.45, 2.75) is 6.92 Å². The summed E-state index contributed by atoms with van der Waals surface area (Å²) in [6.07, 6.45) is 0. The Bertz CT molecular complexity index is 564. The minimum absolute atomic E-state index is 0.0298. The Kier molecular flexibility index (Phi) is 4.15. The summed E-state index contributed by atoms with van der Waals surface area (Å²) in [5.41, 5.74) is 1.76. The van der Waals surface area contributed by atoms with Gasteiger partial charge in [-0.1, -0.05) is 40.2 Å². The fourth-order valence-corrected chi connectivity index (χ4v) is 2.00. The molecule has 0 spiro atoms. The average Bonchev–Trinajstić information content (AvgIpc) is 2.36. The smallest absolute Gasteiger partial charge is 0.200 e. The van der Waals surface area contributed by atoms with E-state index in [1.165, 1.54) is 0 Å². The molecule has 0 saturated carbocycles. The largest absolute Gasteiger partial charge is 0.485 e. The molecule has 0 unspecified atom stereocenters. The highest BCUT2D eigenvalue weighted by Crippen LogP contribution is 2.15. The van der Waals surface area contributed by atoms with Gasteiger partial charge < -0.3 is 4.74 Å². The maximum atomic E-state index is 11.9. The molecular formula is C15H13BrO2. The van der Waals surface area contributed by atoms with Gasteiger partial charge in [0.25, 0.3) is 0 Å². The van der Waals surface area contributed by atoms with E-state index in [9.17, 15) is 4.79 Å². The molecule has 0 aromatic heterocycles.